The summed E-state index contributed by atoms with van der Waals surface area (Å²) in [7, 11) is 0. The van der Waals surface area contributed by atoms with Crippen LogP contribution in [0.1, 0.15) is 50.0 Å². The van der Waals surface area contributed by atoms with Crippen molar-refractivity contribution >= 4 is 40.1 Å². The fourth-order valence-corrected chi connectivity index (χ4v) is 5.18. The van der Waals surface area contributed by atoms with E-state index in [1.165, 1.54) is 0 Å². The maximum atomic E-state index is 13.0. The van der Waals surface area contributed by atoms with E-state index >= 15 is 0 Å². The van der Waals surface area contributed by atoms with Crippen molar-refractivity contribution in [1.29, 1.82) is 0 Å². The Bertz CT molecular complexity index is 1020. The number of aromatic nitrogens is 4. The molecule has 3 aromatic rings. The van der Waals surface area contributed by atoms with Gasteiger partial charge in [0.2, 0.25) is 5.91 Å². The van der Waals surface area contributed by atoms with Crippen molar-refractivity contribution in [3.05, 3.63) is 46.7 Å². The highest BCUT2D eigenvalue weighted by Gasteiger charge is 2.32. The predicted octanol–water partition coefficient (Wildman–Crippen LogP) is 4.46. The summed E-state index contributed by atoms with van der Waals surface area (Å²) in [5.74, 6) is 1.02. The molecule has 0 unspecified atom stereocenters. The van der Waals surface area contributed by atoms with E-state index in [1.54, 1.807) is 12.1 Å². The molecule has 2 aliphatic rings. The molecule has 5 rings (SSSR count). The second-order valence-electron chi connectivity index (χ2n) is 8.48. The van der Waals surface area contributed by atoms with Crippen LogP contribution in [0, 0.1) is 0 Å². The normalized spacial score (nSPS) is 20.7. The van der Waals surface area contributed by atoms with E-state index in [4.69, 9.17) is 28.2 Å². The van der Waals surface area contributed by atoms with Crippen molar-refractivity contribution in [2.24, 2.45) is 0 Å². The van der Waals surface area contributed by atoms with Gasteiger partial charge in [-0.2, -0.15) is 0 Å². The number of rotatable bonds is 5. The predicted molar refractivity (Wildman–Crippen MR) is 121 cm³/mol. The summed E-state index contributed by atoms with van der Waals surface area (Å²) in [6, 6.07) is 4.08. The number of piperidine rings is 1. The molecule has 7 nitrogen and oxygen atoms in total. The fraction of sp³-hybridized carbons (Fsp3) is 0.500. The quantitative estimate of drug-likeness (QED) is 0.609. The molecule has 1 N–H and O–H groups in total. The van der Waals surface area contributed by atoms with Gasteiger partial charge in [-0.3, -0.25) is 4.79 Å². The van der Waals surface area contributed by atoms with Gasteiger partial charge in [0.05, 0.1) is 33.4 Å². The Balaban J connectivity index is 1.19. The molecule has 0 spiro atoms. The molecular formula is C22H26Cl2N6O. The second-order valence-corrected chi connectivity index (χ2v) is 9.30. The molecule has 164 valence electrons. The number of aromatic amines is 1. The van der Waals surface area contributed by atoms with Gasteiger partial charge < -0.3 is 19.4 Å². The number of amides is 1. The third kappa shape index (κ3) is 4.31. The van der Waals surface area contributed by atoms with Gasteiger partial charge in [0.1, 0.15) is 5.82 Å². The van der Waals surface area contributed by atoms with Crippen LogP contribution in [0.25, 0.3) is 11.0 Å². The molecule has 2 aliphatic heterocycles. The Morgan fingerprint density at radius 1 is 1.13 bits per heavy atom. The van der Waals surface area contributed by atoms with Crippen LogP contribution in [0.15, 0.2) is 30.9 Å². The molecule has 2 fully saturated rings. The first kappa shape index (κ1) is 20.8. The number of nitrogens with one attached hydrogen (secondary N) is 1. The minimum atomic E-state index is -0.00979. The molecule has 1 amide bonds. The number of H-pyrrole nitrogens is 1. The molecule has 0 aliphatic carbocycles. The Hall–Kier alpha value is -2.09. The van der Waals surface area contributed by atoms with E-state index in [1.807, 2.05) is 23.6 Å². The highest BCUT2D eigenvalue weighted by Crippen LogP contribution is 2.34. The van der Waals surface area contributed by atoms with Crippen molar-refractivity contribution in [3.63, 3.8) is 0 Å². The average molecular weight is 461 g/mol. The highest BCUT2D eigenvalue weighted by molar-refractivity contribution is 6.42. The lowest BCUT2D eigenvalue weighted by atomic mass is 10.0. The number of halogens is 2. The fourth-order valence-electron chi connectivity index (χ4n) is 4.86. The third-order valence-corrected chi connectivity index (χ3v) is 7.30. The molecule has 2 saturated heterocycles. The first-order valence-corrected chi connectivity index (χ1v) is 11.7. The van der Waals surface area contributed by atoms with E-state index in [0.717, 1.165) is 68.7 Å². The van der Waals surface area contributed by atoms with Crippen molar-refractivity contribution in [2.75, 3.05) is 26.2 Å². The van der Waals surface area contributed by atoms with Crippen LogP contribution in [-0.4, -0.2) is 61.4 Å². The lowest BCUT2D eigenvalue weighted by Gasteiger charge is -2.33. The molecule has 9 heteroatoms. The maximum Gasteiger partial charge on any atom is 0.224 e. The average Bonchev–Trinajstić information content (AvgIpc) is 3.53. The van der Waals surface area contributed by atoms with Crippen LogP contribution in [0.3, 0.4) is 0 Å². The van der Waals surface area contributed by atoms with E-state index in [2.05, 4.69) is 19.4 Å². The number of fused-ring (bicyclic) bond motifs is 1. The summed E-state index contributed by atoms with van der Waals surface area (Å²) < 4.78 is 2.20. The Morgan fingerprint density at radius 3 is 2.71 bits per heavy atom. The zero-order valence-corrected chi connectivity index (χ0v) is 18.8. The Morgan fingerprint density at radius 2 is 1.94 bits per heavy atom. The van der Waals surface area contributed by atoms with Crippen LogP contribution in [0.5, 0.6) is 0 Å². The summed E-state index contributed by atoms with van der Waals surface area (Å²) in [4.78, 5) is 29.6. The SMILES string of the molecule is O=C(CCN1CCC(n2ccnc2)CC1)N1CCC[C@H]1c1nc2cc(Cl)c(Cl)cc2[nH]1. The van der Waals surface area contributed by atoms with Crippen LogP contribution >= 0.6 is 23.2 Å². The van der Waals surface area contributed by atoms with Gasteiger partial charge in [0.25, 0.3) is 0 Å². The summed E-state index contributed by atoms with van der Waals surface area (Å²) >= 11 is 12.3. The van der Waals surface area contributed by atoms with E-state index in [-0.39, 0.29) is 11.9 Å². The minimum absolute atomic E-state index is 0.00979. The number of imidazole rings is 2. The minimum Gasteiger partial charge on any atom is -0.340 e. The number of hydrogen-bond acceptors (Lipinski definition) is 4. The van der Waals surface area contributed by atoms with Crippen LogP contribution in [0.4, 0.5) is 0 Å². The van der Waals surface area contributed by atoms with Gasteiger partial charge in [-0.05, 0) is 37.8 Å². The van der Waals surface area contributed by atoms with E-state index in [0.29, 0.717) is 22.5 Å². The molecule has 0 bridgehead atoms. The molecule has 31 heavy (non-hydrogen) atoms. The van der Waals surface area contributed by atoms with E-state index in [9.17, 15) is 4.79 Å². The van der Waals surface area contributed by atoms with Gasteiger partial charge in [-0.1, -0.05) is 23.2 Å². The first-order valence-electron chi connectivity index (χ1n) is 10.9. The molecule has 2 aromatic heterocycles. The summed E-state index contributed by atoms with van der Waals surface area (Å²) in [6.07, 6.45) is 10.4. The van der Waals surface area contributed by atoms with E-state index < -0.39 is 0 Å². The van der Waals surface area contributed by atoms with Gasteiger partial charge in [0.15, 0.2) is 0 Å². The van der Waals surface area contributed by atoms with Crippen LogP contribution < -0.4 is 0 Å². The summed E-state index contributed by atoms with van der Waals surface area (Å²) in [6.45, 7) is 3.63. The zero-order valence-electron chi connectivity index (χ0n) is 17.3. The molecule has 1 atom stereocenters. The van der Waals surface area contributed by atoms with Gasteiger partial charge in [0, 0.05) is 51.0 Å². The number of carbonyl (C=O) groups excluding carboxylic acids is 1. The standard InChI is InChI=1S/C22H26Cl2N6O/c23-16-12-18-19(13-17(16)24)27-22(26-18)20-2-1-7-30(20)21(31)5-10-28-8-3-15(4-9-28)29-11-6-25-14-29/h6,11-15,20H,1-5,7-10H2,(H,26,27)/t20-/m0/s1. The molecular weight excluding hydrogens is 435 g/mol. The number of hydrogen-bond donors (Lipinski definition) is 1. The second kappa shape index (κ2) is 8.81. The number of carbonyl (C=O) groups is 1. The molecule has 0 saturated carbocycles. The van der Waals surface area contributed by atoms with Crippen LogP contribution in [0.2, 0.25) is 10.0 Å². The monoisotopic (exact) mass is 460 g/mol. The van der Waals surface area contributed by atoms with Gasteiger partial charge in [-0.25, -0.2) is 9.97 Å². The van der Waals surface area contributed by atoms with Gasteiger partial charge >= 0.3 is 0 Å². The third-order valence-electron chi connectivity index (χ3n) is 6.58. The first-order chi connectivity index (χ1) is 15.1. The smallest absolute Gasteiger partial charge is 0.224 e. The van der Waals surface area contributed by atoms with Gasteiger partial charge in [-0.15, -0.1) is 0 Å². The van der Waals surface area contributed by atoms with Crippen molar-refractivity contribution in [3.8, 4) is 0 Å². The summed E-state index contributed by atoms with van der Waals surface area (Å²) in [5, 5.41) is 0.990. The largest absolute Gasteiger partial charge is 0.340 e. The molecule has 4 heterocycles. The maximum absolute atomic E-state index is 13.0. The molecule has 1 aromatic carbocycles. The zero-order chi connectivity index (χ0) is 21.4. The Labute approximate surface area is 191 Å². The van der Waals surface area contributed by atoms with Crippen molar-refractivity contribution in [1.82, 2.24) is 29.3 Å². The number of nitrogens with zero attached hydrogens (tertiary/aromatic N) is 5. The number of benzene rings is 1. The highest BCUT2D eigenvalue weighted by atomic mass is 35.5. The molecule has 0 radical (unpaired) electrons. The Kier molecular flexibility index (Phi) is 5.91. The summed E-state index contributed by atoms with van der Waals surface area (Å²) in [5.41, 5.74) is 1.63. The lowest BCUT2D eigenvalue weighted by molar-refractivity contribution is -0.132. The topological polar surface area (TPSA) is 70.1 Å². The van der Waals surface area contributed by atoms with Crippen LogP contribution in [-0.2, 0) is 4.79 Å². The number of likely N-dealkylation sites (tertiary alicyclic amines) is 2. The van der Waals surface area contributed by atoms with Crippen molar-refractivity contribution in [2.45, 2.75) is 44.2 Å². The van der Waals surface area contributed by atoms with Crippen molar-refractivity contribution < 1.29 is 4.79 Å². The lowest BCUT2D eigenvalue weighted by Crippen LogP contribution is -2.38.